The van der Waals surface area contributed by atoms with Crippen molar-refractivity contribution in [2.75, 3.05) is 5.32 Å². The minimum Gasteiger partial charge on any atom is -0.325 e. The molecule has 0 aliphatic carbocycles. The Morgan fingerprint density at radius 2 is 1.70 bits per heavy atom. The molecule has 8 heteroatoms. The summed E-state index contributed by atoms with van der Waals surface area (Å²) in [6.45, 7) is 5.83. The minimum atomic E-state index is -0.426. The van der Waals surface area contributed by atoms with Crippen LogP contribution in [0, 0.1) is 6.92 Å². The van der Waals surface area contributed by atoms with Gasteiger partial charge in [0.25, 0.3) is 0 Å². The van der Waals surface area contributed by atoms with Crippen molar-refractivity contribution in [3.8, 4) is 17.1 Å². The van der Waals surface area contributed by atoms with Crippen LogP contribution in [0.15, 0.2) is 83.9 Å². The second-order valence-corrected chi connectivity index (χ2v) is 10.4. The molecule has 0 saturated carbocycles. The summed E-state index contributed by atoms with van der Waals surface area (Å²) in [5.74, 6) is 0.463. The van der Waals surface area contributed by atoms with E-state index in [1.54, 1.807) is 0 Å². The Kier molecular flexibility index (Phi) is 7.26. The predicted octanol–water partition coefficient (Wildman–Crippen LogP) is 7.13. The van der Waals surface area contributed by atoms with Gasteiger partial charge in [-0.05, 0) is 50.1 Å². The number of anilines is 1. The Bertz CT molecular complexity index is 1570. The molecule has 2 aromatic heterocycles. The number of carbonyl (C=O) groups excluding carboxylic acids is 1. The molecule has 2 heterocycles. The molecule has 0 radical (unpaired) electrons. The number of hydrogen-bond donors (Lipinski definition) is 1. The SMILES string of the molecule is CCc1nn(-c2ccccc2)c2nc(-c3ccccc3)nc(S[C@@H](C)C(=O)Nc3cccc(Cl)c3C)c12. The van der Waals surface area contributed by atoms with Crippen LogP contribution >= 0.6 is 23.4 Å². The summed E-state index contributed by atoms with van der Waals surface area (Å²) in [5, 5.41) is 9.71. The lowest BCUT2D eigenvalue weighted by molar-refractivity contribution is -0.115. The highest BCUT2D eigenvalue weighted by atomic mass is 35.5. The van der Waals surface area contributed by atoms with Gasteiger partial charge in [-0.3, -0.25) is 4.79 Å². The molecule has 0 saturated heterocycles. The van der Waals surface area contributed by atoms with Crippen molar-refractivity contribution in [1.82, 2.24) is 19.7 Å². The Balaban J connectivity index is 1.59. The summed E-state index contributed by atoms with van der Waals surface area (Å²) in [5.41, 5.74) is 4.97. The average molecular weight is 528 g/mol. The number of aromatic nitrogens is 4. The van der Waals surface area contributed by atoms with Gasteiger partial charge in [0, 0.05) is 16.3 Å². The van der Waals surface area contributed by atoms with Gasteiger partial charge in [0.1, 0.15) is 5.03 Å². The van der Waals surface area contributed by atoms with Crippen molar-refractivity contribution in [3.05, 3.63) is 95.1 Å². The van der Waals surface area contributed by atoms with Crippen LogP contribution in [0.25, 0.3) is 28.1 Å². The molecule has 1 atom stereocenters. The van der Waals surface area contributed by atoms with Gasteiger partial charge < -0.3 is 5.32 Å². The number of aryl methyl sites for hydroxylation is 1. The molecule has 5 aromatic rings. The molecular formula is C29H26ClN5OS. The lowest BCUT2D eigenvalue weighted by Crippen LogP contribution is -2.23. The molecule has 5 rings (SSSR count). The maximum atomic E-state index is 13.2. The maximum Gasteiger partial charge on any atom is 0.237 e. The van der Waals surface area contributed by atoms with E-state index in [1.165, 1.54) is 11.8 Å². The molecule has 1 N–H and O–H groups in total. The summed E-state index contributed by atoms with van der Waals surface area (Å²) < 4.78 is 1.87. The number of nitrogens with one attached hydrogen (secondary N) is 1. The standard InChI is InChI=1S/C29H26ClN5OS/c1-4-23-25-27(35(34-23)21-14-9-6-10-15-21)32-26(20-12-7-5-8-13-20)33-29(25)37-19(3)28(36)31-24-17-11-16-22(30)18(24)2/h5-17,19H,4H2,1-3H3,(H,31,36)/t19-/m0/s1. The van der Waals surface area contributed by atoms with E-state index >= 15 is 0 Å². The van der Waals surface area contributed by atoms with Crippen molar-refractivity contribution in [2.45, 2.75) is 37.5 Å². The number of benzene rings is 3. The first-order chi connectivity index (χ1) is 18.0. The van der Waals surface area contributed by atoms with E-state index in [1.807, 2.05) is 97.4 Å². The summed E-state index contributed by atoms with van der Waals surface area (Å²) in [4.78, 5) is 23.1. The molecule has 0 unspecified atom stereocenters. The molecule has 6 nitrogen and oxygen atoms in total. The summed E-state index contributed by atoms with van der Waals surface area (Å²) in [7, 11) is 0. The van der Waals surface area contributed by atoms with Gasteiger partial charge in [-0.15, -0.1) is 0 Å². The van der Waals surface area contributed by atoms with Crippen LogP contribution in [0.4, 0.5) is 5.69 Å². The largest absolute Gasteiger partial charge is 0.325 e. The molecule has 0 spiro atoms. The van der Waals surface area contributed by atoms with Crippen molar-refractivity contribution in [3.63, 3.8) is 0 Å². The maximum absolute atomic E-state index is 13.2. The first kappa shape index (κ1) is 25.0. The molecule has 0 aliphatic rings. The van der Waals surface area contributed by atoms with E-state index in [2.05, 4.69) is 12.2 Å². The molecular weight excluding hydrogens is 502 g/mol. The monoisotopic (exact) mass is 527 g/mol. The van der Waals surface area contributed by atoms with Gasteiger partial charge in [-0.25, -0.2) is 14.6 Å². The normalized spacial score (nSPS) is 12.0. The lowest BCUT2D eigenvalue weighted by atomic mass is 10.2. The van der Waals surface area contributed by atoms with Gasteiger partial charge in [0.15, 0.2) is 11.5 Å². The van der Waals surface area contributed by atoms with Gasteiger partial charge in [0.2, 0.25) is 5.91 Å². The summed E-state index contributed by atoms with van der Waals surface area (Å²) in [6.07, 6.45) is 0.709. The van der Waals surface area contributed by atoms with Crippen LogP contribution in [0.1, 0.15) is 25.1 Å². The third kappa shape index (κ3) is 5.10. The first-order valence-corrected chi connectivity index (χ1v) is 13.3. The number of rotatable bonds is 7. The average Bonchev–Trinajstić information content (AvgIpc) is 3.31. The number of thioether (sulfide) groups is 1. The van der Waals surface area contributed by atoms with E-state index in [9.17, 15) is 4.79 Å². The van der Waals surface area contributed by atoms with Crippen LogP contribution < -0.4 is 5.32 Å². The number of carbonyl (C=O) groups is 1. The van der Waals surface area contributed by atoms with Crippen LogP contribution in [-0.4, -0.2) is 30.9 Å². The zero-order chi connectivity index (χ0) is 25.9. The molecule has 0 fully saturated rings. The number of para-hydroxylation sites is 1. The van der Waals surface area contributed by atoms with E-state index in [0.717, 1.165) is 38.6 Å². The van der Waals surface area contributed by atoms with Crippen LogP contribution in [0.5, 0.6) is 0 Å². The van der Waals surface area contributed by atoms with E-state index in [4.69, 9.17) is 26.7 Å². The van der Waals surface area contributed by atoms with Crippen molar-refractivity contribution >= 4 is 46.0 Å². The van der Waals surface area contributed by atoms with E-state index in [-0.39, 0.29) is 5.91 Å². The van der Waals surface area contributed by atoms with Gasteiger partial charge in [-0.2, -0.15) is 5.10 Å². The van der Waals surface area contributed by atoms with E-state index < -0.39 is 5.25 Å². The summed E-state index contributed by atoms with van der Waals surface area (Å²) >= 11 is 7.66. The van der Waals surface area contributed by atoms with Gasteiger partial charge in [-0.1, -0.05) is 84.9 Å². The summed E-state index contributed by atoms with van der Waals surface area (Å²) in [6, 6.07) is 25.3. The molecule has 37 heavy (non-hydrogen) atoms. The second-order valence-electron chi connectivity index (χ2n) is 8.63. The Morgan fingerprint density at radius 3 is 2.41 bits per heavy atom. The molecule has 1 amide bonds. The number of amides is 1. The zero-order valence-electron chi connectivity index (χ0n) is 20.8. The highest BCUT2D eigenvalue weighted by molar-refractivity contribution is 8.00. The van der Waals surface area contributed by atoms with Crippen LogP contribution in [0.3, 0.4) is 0 Å². The third-order valence-corrected chi connectivity index (χ3v) is 7.61. The van der Waals surface area contributed by atoms with E-state index in [0.29, 0.717) is 23.0 Å². The van der Waals surface area contributed by atoms with Crippen molar-refractivity contribution in [2.24, 2.45) is 0 Å². The number of nitrogens with zero attached hydrogens (tertiary/aromatic N) is 4. The first-order valence-electron chi connectivity index (χ1n) is 12.1. The number of fused-ring (bicyclic) bond motifs is 1. The number of halogens is 1. The molecule has 0 bridgehead atoms. The molecule has 3 aromatic carbocycles. The fourth-order valence-electron chi connectivity index (χ4n) is 4.05. The highest BCUT2D eigenvalue weighted by Crippen LogP contribution is 2.35. The lowest BCUT2D eigenvalue weighted by Gasteiger charge is -2.15. The topological polar surface area (TPSA) is 72.7 Å². The third-order valence-electron chi connectivity index (χ3n) is 6.12. The highest BCUT2D eigenvalue weighted by Gasteiger charge is 2.24. The second kappa shape index (κ2) is 10.7. The van der Waals surface area contributed by atoms with Gasteiger partial charge in [0.05, 0.1) is 22.0 Å². The fourth-order valence-corrected chi connectivity index (χ4v) is 5.19. The Labute approximate surface area is 225 Å². The van der Waals surface area contributed by atoms with Crippen molar-refractivity contribution < 1.29 is 4.79 Å². The van der Waals surface area contributed by atoms with Crippen molar-refractivity contribution in [1.29, 1.82) is 0 Å². The van der Waals surface area contributed by atoms with Crippen LogP contribution in [0.2, 0.25) is 5.02 Å². The fraction of sp³-hybridized carbons (Fsp3) is 0.172. The number of hydrogen-bond acceptors (Lipinski definition) is 5. The quantitative estimate of drug-likeness (QED) is 0.180. The minimum absolute atomic E-state index is 0.128. The smallest absolute Gasteiger partial charge is 0.237 e. The zero-order valence-corrected chi connectivity index (χ0v) is 22.3. The Morgan fingerprint density at radius 1 is 1.00 bits per heavy atom. The Hall–Kier alpha value is -3.68. The van der Waals surface area contributed by atoms with Gasteiger partial charge >= 0.3 is 0 Å². The molecule has 0 aliphatic heterocycles. The molecule has 186 valence electrons. The van der Waals surface area contributed by atoms with Crippen LogP contribution in [-0.2, 0) is 11.2 Å². The predicted molar refractivity (Wildman–Crippen MR) is 152 cm³/mol.